The highest BCUT2D eigenvalue weighted by Gasteiger charge is 2.15. The monoisotopic (exact) mass is 293 g/mol. The highest BCUT2D eigenvalue weighted by Crippen LogP contribution is 2.19. The molecule has 0 bridgehead atoms. The molecule has 0 aliphatic carbocycles. The number of methoxy groups -OCH3 is 1. The maximum atomic E-state index is 5.19. The Balaban J connectivity index is 1.76. The molecule has 112 valence electrons. The van der Waals surface area contributed by atoms with Crippen molar-refractivity contribution in [3.05, 3.63) is 83.9 Å². The number of imidazole rings is 1. The zero-order chi connectivity index (χ0) is 15.2. The van der Waals surface area contributed by atoms with Crippen LogP contribution in [0.1, 0.15) is 23.0 Å². The number of hydrogen-bond donors (Lipinski definition) is 2. The number of hydrogen-bond acceptors (Lipinski definition) is 3. The van der Waals surface area contributed by atoms with Crippen molar-refractivity contribution in [2.45, 2.75) is 12.6 Å². The van der Waals surface area contributed by atoms with Gasteiger partial charge in [0.25, 0.3) is 0 Å². The lowest BCUT2D eigenvalue weighted by Gasteiger charge is -2.17. The lowest BCUT2D eigenvalue weighted by molar-refractivity contribution is 0.414. The van der Waals surface area contributed by atoms with Gasteiger partial charge in [-0.15, -0.1) is 0 Å². The van der Waals surface area contributed by atoms with E-state index in [0.717, 1.165) is 18.1 Å². The smallest absolute Gasteiger partial charge is 0.127 e. The first kappa shape index (κ1) is 14.4. The van der Waals surface area contributed by atoms with E-state index in [4.69, 9.17) is 4.74 Å². The number of H-pyrrole nitrogens is 1. The second-order valence-corrected chi connectivity index (χ2v) is 5.05. The van der Waals surface area contributed by atoms with Gasteiger partial charge in [-0.2, -0.15) is 0 Å². The van der Waals surface area contributed by atoms with E-state index in [1.54, 1.807) is 13.3 Å². The van der Waals surface area contributed by atoms with Crippen molar-refractivity contribution in [1.29, 1.82) is 0 Å². The molecule has 1 atom stereocenters. The van der Waals surface area contributed by atoms with E-state index in [-0.39, 0.29) is 6.04 Å². The fraction of sp³-hybridized carbons (Fsp3) is 0.167. The van der Waals surface area contributed by atoms with E-state index in [1.165, 1.54) is 11.1 Å². The van der Waals surface area contributed by atoms with Crippen LogP contribution in [0.2, 0.25) is 0 Å². The van der Waals surface area contributed by atoms with Crippen molar-refractivity contribution in [2.75, 3.05) is 7.11 Å². The number of aromatic amines is 1. The molecule has 0 amide bonds. The van der Waals surface area contributed by atoms with Crippen LogP contribution in [-0.2, 0) is 6.54 Å². The molecular weight excluding hydrogens is 274 g/mol. The number of ether oxygens (including phenoxy) is 1. The summed E-state index contributed by atoms with van der Waals surface area (Å²) in [6.45, 7) is 0.754. The Hall–Kier alpha value is -2.59. The summed E-state index contributed by atoms with van der Waals surface area (Å²) in [5.41, 5.74) is 2.39. The van der Waals surface area contributed by atoms with Crippen molar-refractivity contribution >= 4 is 0 Å². The number of aromatic nitrogens is 2. The molecule has 3 aromatic rings. The normalized spacial score (nSPS) is 12.0. The molecule has 3 rings (SSSR count). The summed E-state index contributed by atoms with van der Waals surface area (Å²) in [4.78, 5) is 7.59. The van der Waals surface area contributed by atoms with Crippen molar-refractivity contribution in [3.63, 3.8) is 0 Å². The van der Waals surface area contributed by atoms with Crippen molar-refractivity contribution in [3.8, 4) is 5.75 Å². The molecule has 0 fully saturated rings. The SMILES string of the molecule is COc1ccc(CN[C@@H](c2ccccc2)c2ncc[nH]2)cc1. The molecular formula is C18H19N3O. The fourth-order valence-electron chi connectivity index (χ4n) is 2.42. The summed E-state index contributed by atoms with van der Waals surface area (Å²) in [7, 11) is 1.68. The van der Waals surface area contributed by atoms with Crippen LogP contribution < -0.4 is 10.1 Å². The Labute approximate surface area is 130 Å². The predicted octanol–water partition coefficient (Wildman–Crippen LogP) is 3.30. The molecule has 0 spiro atoms. The Kier molecular flexibility index (Phi) is 4.51. The summed E-state index contributed by atoms with van der Waals surface area (Å²) >= 11 is 0. The Bertz CT molecular complexity index is 678. The van der Waals surface area contributed by atoms with Crippen LogP contribution in [0.4, 0.5) is 0 Å². The third-order valence-electron chi connectivity index (χ3n) is 3.60. The minimum Gasteiger partial charge on any atom is -0.497 e. The molecule has 0 radical (unpaired) electrons. The van der Waals surface area contributed by atoms with Gasteiger partial charge in [-0.25, -0.2) is 4.98 Å². The lowest BCUT2D eigenvalue weighted by Crippen LogP contribution is -2.23. The summed E-state index contributed by atoms with van der Waals surface area (Å²) in [6, 6.07) is 18.4. The Morgan fingerprint density at radius 1 is 1.09 bits per heavy atom. The molecule has 22 heavy (non-hydrogen) atoms. The van der Waals surface area contributed by atoms with Crippen LogP contribution in [0.25, 0.3) is 0 Å². The number of rotatable bonds is 6. The van der Waals surface area contributed by atoms with Crippen LogP contribution in [0.15, 0.2) is 67.0 Å². The zero-order valence-electron chi connectivity index (χ0n) is 12.5. The van der Waals surface area contributed by atoms with Crippen molar-refractivity contribution in [1.82, 2.24) is 15.3 Å². The Morgan fingerprint density at radius 3 is 2.50 bits per heavy atom. The zero-order valence-corrected chi connectivity index (χ0v) is 12.5. The highest BCUT2D eigenvalue weighted by molar-refractivity contribution is 5.28. The molecule has 1 heterocycles. The van der Waals surface area contributed by atoms with Gasteiger partial charge in [0.2, 0.25) is 0 Å². The standard InChI is InChI=1S/C18H19N3O/c1-22-16-9-7-14(8-10-16)13-21-17(18-19-11-12-20-18)15-5-3-2-4-6-15/h2-12,17,21H,13H2,1H3,(H,19,20)/t17-/m0/s1. The van der Waals surface area contributed by atoms with Crippen molar-refractivity contribution < 1.29 is 4.74 Å². The second-order valence-electron chi connectivity index (χ2n) is 5.05. The van der Waals surface area contributed by atoms with Gasteiger partial charge in [-0.05, 0) is 23.3 Å². The van der Waals surface area contributed by atoms with Gasteiger partial charge in [-0.3, -0.25) is 5.32 Å². The first-order valence-electron chi connectivity index (χ1n) is 7.27. The molecule has 4 nitrogen and oxygen atoms in total. The molecule has 2 N–H and O–H groups in total. The predicted molar refractivity (Wildman–Crippen MR) is 86.7 cm³/mol. The van der Waals surface area contributed by atoms with Crippen LogP contribution in [0.5, 0.6) is 5.75 Å². The molecule has 4 heteroatoms. The summed E-state index contributed by atoms with van der Waals surface area (Å²) in [5.74, 6) is 1.79. The maximum absolute atomic E-state index is 5.19. The third-order valence-corrected chi connectivity index (χ3v) is 3.60. The van der Waals surface area contributed by atoms with E-state index in [9.17, 15) is 0 Å². The van der Waals surface area contributed by atoms with Gasteiger partial charge in [0, 0.05) is 18.9 Å². The maximum Gasteiger partial charge on any atom is 0.127 e. The average molecular weight is 293 g/mol. The van der Waals surface area contributed by atoms with Crippen LogP contribution in [-0.4, -0.2) is 17.1 Å². The molecule has 0 aliphatic heterocycles. The third kappa shape index (κ3) is 3.35. The van der Waals surface area contributed by atoms with Crippen molar-refractivity contribution in [2.24, 2.45) is 0 Å². The first-order valence-corrected chi connectivity index (χ1v) is 7.27. The van der Waals surface area contributed by atoms with Gasteiger partial charge in [0.15, 0.2) is 0 Å². The van der Waals surface area contributed by atoms with Gasteiger partial charge in [0.1, 0.15) is 11.6 Å². The molecule has 0 aliphatic rings. The topological polar surface area (TPSA) is 49.9 Å². The molecule has 0 saturated carbocycles. The van der Waals surface area contributed by atoms with E-state index in [0.29, 0.717) is 0 Å². The van der Waals surface area contributed by atoms with Crippen LogP contribution >= 0.6 is 0 Å². The van der Waals surface area contributed by atoms with E-state index < -0.39 is 0 Å². The van der Waals surface area contributed by atoms with E-state index >= 15 is 0 Å². The largest absolute Gasteiger partial charge is 0.497 e. The average Bonchev–Trinajstić information content (AvgIpc) is 3.11. The number of nitrogens with zero attached hydrogens (tertiary/aromatic N) is 1. The molecule has 2 aromatic carbocycles. The quantitative estimate of drug-likeness (QED) is 0.733. The molecule has 0 unspecified atom stereocenters. The Morgan fingerprint density at radius 2 is 1.86 bits per heavy atom. The summed E-state index contributed by atoms with van der Waals surface area (Å²) in [5, 5.41) is 3.56. The second kappa shape index (κ2) is 6.91. The van der Waals surface area contributed by atoms with Gasteiger partial charge >= 0.3 is 0 Å². The van der Waals surface area contributed by atoms with Gasteiger partial charge in [-0.1, -0.05) is 42.5 Å². The van der Waals surface area contributed by atoms with Gasteiger partial charge in [0.05, 0.1) is 13.2 Å². The lowest BCUT2D eigenvalue weighted by atomic mass is 10.1. The minimum absolute atomic E-state index is 0.0401. The van der Waals surface area contributed by atoms with Crippen LogP contribution in [0.3, 0.4) is 0 Å². The van der Waals surface area contributed by atoms with E-state index in [1.807, 2.05) is 36.5 Å². The van der Waals surface area contributed by atoms with Crippen LogP contribution in [0, 0.1) is 0 Å². The minimum atomic E-state index is 0.0401. The fourth-order valence-corrected chi connectivity index (χ4v) is 2.42. The number of benzene rings is 2. The molecule has 0 saturated heterocycles. The summed E-state index contributed by atoms with van der Waals surface area (Å²) < 4.78 is 5.19. The van der Waals surface area contributed by atoms with Gasteiger partial charge < -0.3 is 9.72 Å². The first-order chi connectivity index (χ1) is 10.9. The summed E-state index contributed by atoms with van der Waals surface area (Å²) in [6.07, 6.45) is 3.63. The number of nitrogens with one attached hydrogen (secondary N) is 2. The highest BCUT2D eigenvalue weighted by atomic mass is 16.5. The van der Waals surface area contributed by atoms with E-state index in [2.05, 4.69) is 39.6 Å². The molecule has 1 aromatic heterocycles.